The first-order valence-electron chi connectivity index (χ1n) is 2.74. The van der Waals surface area contributed by atoms with E-state index in [1.165, 1.54) is 6.92 Å². The molecule has 0 aromatic carbocycles. The van der Waals surface area contributed by atoms with E-state index in [0.717, 1.165) is 0 Å². The number of hydrogen-bond acceptors (Lipinski definition) is 2. The van der Waals surface area contributed by atoms with Crippen LogP contribution in [0.25, 0.3) is 0 Å². The van der Waals surface area contributed by atoms with Crippen LogP contribution < -0.4 is 0 Å². The highest BCUT2D eigenvalue weighted by Crippen LogP contribution is 1.99. The Kier molecular flexibility index (Phi) is 3.38. The lowest BCUT2D eigenvalue weighted by Crippen LogP contribution is -1.89. The van der Waals surface area contributed by atoms with Crippen molar-refractivity contribution in [2.75, 3.05) is 0 Å². The lowest BCUT2D eigenvalue weighted by atomic mass is 10.1. The van der Waals surface area contributed by atoms with Crippen LogP contribution in [0.5, 0.6) is 0 Å². The summed E-state index contributed by atoms with van der Waals surface area (Å²) in [7, 11) is 0. The fourth-order valence-corrected chi connectivity index (χ4v) is 0.383. The van der Waals surface area contributed by atoms with Crippen LogP contribution in [0.1, 0.15) is 19.8 Å². The van der Waals surface area contributed by atoms with Crippen molar-refractivity contribution in [3.8, 4) is 6.07 Å². The highest BCUT2D eigenvalue weighted by molar-refractivity contribution is 5.75. The summed E-state index contributed by atoms with van der Waals surface area (Å²) in [5.41, 5.74) is 0.477. The number of nitrogens with zero attached hydrogens (tertiary/aromatic N) is 1. The van der Waals surface area contributed by atoms with E-state index in [-0.39, 0.29) is 5.78 Å². The number of Topliss-reactive ketones (excluding diaryl/α,β-unsaturated/α-hetero) is 1. The second-order valence-corrected chi connectivity index (χ2v) is 1.92. The molecule has 0 radical (unpaired) electrons. The molecule has 48 valence electrons. The van der Waals surface area contributed by atoms with E-state index in [4.69, 9.17) is 5.26 Å². The number of carbonyl (C=O) groups is 1. The van der Waals surface area contributed by atoms with Gasteiger partial charge in [0.1, 0.15) is 5.78 Å². The average Bonchev–Trinajstić information content (AvgIpc) is 1.83. The Bertz CT molecular complexity index is 164. The zero-order valence-corrected chi connectivity index (χ0v) is 5.48. The zero-order chi connectivity index (χ0) is 7.28. The van der Waals surface area contributed by atoms with E-state index in [0.29, 0.717) is 18.4 Å². The molecule has 0 bridgehead atoms. The van der Waals surface area contributed by atoms with E-state index in [1.54, 1.807) is 0 Å². The standard InChI is InChI=1S/C7H9NO/c1-6(5-8)3-4-7(2)9/h1,3-4H2,2H3. The third-order valence-corrected chi connectivity index (χ3v) is 0.937. The minimum Gasteiger partial charge on any atom is -0.300 e. The summed E-state index contributed by atoms with van der Waals surface area (Å²) < 4.78 is 0. The summed E-state index contributed by atoms with van der Waals surface area (Å²) in [5.74, 6) is 0.103. The van der Waals surface area contributed by atoms with Crippen molar-refractivity contribution >= 4 is 5.78 Å². The molecule has 0 aromatic heterocycles. The Morgan fingerprint density at radius 1 is 1.67 bits per heavy atom. The predicted molar refractivity (Wildman–Crippen MR) is 34.7 cm³/mol. The molecule has 0 amide bonds. The summed E-state index contributed by atoms with van der Waals surface area (Å²) in [6, 6.07) is 1.87. The van der Waals surface area contributed by atoms with Gasteiger partial charge in [0.05, 0.1) is 6.07 Å². The Balaban J connectivity index is 3.43. The van der Waals surface area contributed by atoms with Gasteiger partial charge in [0.15, 0.2) is 0 Å². The molecule has 2 nitrogen and oxygen atoms in total. The number of rotatable bonds is 3. The topological polar surface area (TPSA) is 40.9 Å². The van der Waals surface area contributed by atoms with Gasteiger partial charge in [-0.25, -0.2) is 0 Å². The average molecular weight is 123 g/mol. The molecule has 0 unspecified atom stereocenters. The van der Waals surface area contributed by atoms with Gasteiger partial charge < -0.3 is 4.79 Å². The molecule has 0 spiro atoms. The van der Waals surface area contributed by atoms with Gasteiger partial charge in [-0.1, -0.05) is 6.58 Å². The van der Waals surface area contributed by atoms with E-state index in [2.05, 4.69) is 6.58 Å². The van der Waals surface area contributed by atoms with Crippen molar-refractivity contribution in [1.82, 2.24) is 0 Å². The Labute approximate surface area is 54.8 Å². The molecule has 0 fully saturated rings. The fraction of sp³-hybridized carbons (Fsp3) is 0.429. The third-order valence-electron chi connectivity index (χ3n) is 0.937. The first-order valence-corrected chi connectivity index (χ1v) is 2.74. The molecule has 2 heteroatoms. The highest BCUT2D eigenvalue weighted by atomic mass is 16.1. The van der Waals surface area contributed by atoms with Gasteiger partial charge in [-0.2, -0.15) is 5.26 Å². The van der Waals surface area contributed by atoms with Gasteiger partial charge in [-0.3, -0.25) is 0 Å². The zero-order valence-electron chi connectivity index (χ0n) is 5.48. The number of nitriles is 1. The lowest BCUT2D eigenvalue weighted by Gasteiger charge is -1.89. The predicted octanol–water partition coefficient (Wildman–Crippen LogP) is 1.44. The number of allylic oxidation sites excluding steroid dienone is 1. The van der Waals surface area contributed by atoms with Crippen molar-refractivity contribution in [1.29, 1.82) is 5.26 Å². The second kappa shape index (κ2) is 3.85. The van der Waals surface area contributed by atoms with E-state index in [1.807, 2.05) is 6.07 Å². The maximum absolute atomic E-state index is 10.3. The summed E-state index contributed by atoms with van der Waals surface area (Å²) in [5, 5.41) is 8.19. The van der Waals surface area contributed by atoms with E-state index < -0.39 is 0 Å². The van der Waals surface area contributed by atoms with Crippen LogP contribution in [-0.2, 0) is 4.79 Å². The second-order valence-electron chi connectivity index (χ2n) is 1.92. The summed E-state index contributed by atoms with van der Waals surface area (Å²) >= 11 is 0. The monoisotopic (exact) mass is 123 g/mol. The summed E-state index contributed by atoms with van der Waals surface area (Å²) in [6.45, 7) is 4.94. The maximum Gasteiger partial charge on any atom is 0.130 e. The molecule has 0 saturated carbocycles. The van der Waals surface area contributed by atoms with Crippen molar-refractivity contribution in [2.45, 2.75) is 19.8 Å². The van der Waals surface area contributed by atoms with Crippen LogP contribution in [-0.4, -0.2) is 5.78 Å². The Hall–Kier alpha value is -1.10. The number of carbonyl (C=O) groups excluding carboxylic acids is 1. The van der Waals surface area contributed by atoms with Gasteiger partial charge in [-0.05, 0) is 13.3 Å². The number of ketones is 1. The molecule has 0 aliphatic rings. The van der Waals surface area contributed by atoms with Crippen LogP contribution >= 0.6 is 0 Å². The summed E-state index contributed by atoms with van der Waals surface area (Å²) in [4.78, 5) is 10.3. The highest BCUT2D eigenvalue weighted by Gasteiger charge is 1.94. The smallest absolute Gasteiger partial charge is 0.130 e. The Morgan fingerprint density at radius 2 is 2.22 bits per heavy atom. The van der Waals surface area contributed by atoms with Gasteiger partial charge in [0.25, 0.3) is 0 Å². The molecule has 0 rings (SSSR count). The molecule has 9 heavy (non-hydrogen) atoms. The summed E-state index contributed by atoms with van der Waals surface area (Å²) in [6.07, 6.45) is 0.943. The molecular formula is C7H9NO. The van der Waals surface area contributed by atoms with Crippen LogP contribution in [0.4, 0.5) is 0 Å². The van der Waals surface area contributed by atoms with Gasteiger partial charge in [0.2, 0.25) is 0 Å². The van der Waals surface area contributed by atoms with Crippen molar-refractivity contribution < 1.29 is 4.79 Å². The van der Waals surface area contributed by atoms with Crippen molar-refractivity contribution in [2.24, 2.45) is 0 Å². The van der Waals surface area contributed by atoms with Crippen LogP contribution in [0.3, 0.4) is 0 Å². The molecule has 0 atom stereocenters. The fourth-order valence-electron chi connectivity index (χ4n) is 0.383. The van der Waals surface area contributed by atoms with Crippen molar-refractivity contribution in [3.05, 3.63) is 12.2 Å². The first-order chi connectivity index (χ1) is 4.16. The maximum atomic E-state index is 10.3. The SMILES string of the molecule is C=C(C#N)CCC(C)=O. The van der Waals surface area contributed by atoms with Crippen LogP contribution in [0.2, 0.25) is 0 Å². The van der Waals surface area contributed by atoms with Gasteiger partial charge in [-0.15, -0.1) is 0 Å². The van der Waals surface area contributed by atoms with Crippen LogP contribution in [0.15, 0.2) is 12.2 Å². The lowest BCUT2D eigenvalue weighted by molar-refractivity contribution is -0.116. The third kappa shape index (κ3) is 4.76. The molecule has 0 N–H and O–H groups in total. The van der Waals surface area contributed by atoms with Gasteiger partial charge in [0, 0.05) is 12.0 Å². The minimum atomic E-state index is 0.103. The largest absolute Gasteiger partial charge is 0.300 e. The van der Waals surface area contributed by atoms with Crippen molar-refractivity contribution in [3.63, 3.8) is 0 Å². The first kappa shape index (κ1) is 7.90. The van der Waals surface area contributed by atoms with E-state index in [9.17, 15) is 4.79 Å². The molecule has 0 heterocycles. The quantitative estimate of drug-likeness (QED) is 0.533. The van der Waals surface area contributed by atoms with E-state index >= 15 is 0 Å². The normalized spacial score (nSPS) is 8.00. The molecule has 0 saturated heterocycles. The Morgan fingerprint density at radius 3 is 2.56 bits per heavy atom. The van der Waals surface area contributed by atoms with Crippen LogP contribution in [0, 0.1) is 11.3 Å². The van der Waals surface area contributed by atoms with Gasteiger partial charge >= 0.3 is 0 Å². The number of hydrogen-bond donors (Lipinski definition) is 0. The minimum absolute atomic E-state index is 0.103. The molecular weight excluding hydrogens is 114 g/mol. The molecule has 0 aliphatic heterocycles. The molecule has 0 aliphatic carbocycles. The molecule has 0 aromatic rings.